The highest BCUT2D eigenvalue weighted by atomic mass is 16.6. The normalized spacial score (nSPS) is 21.5. The molecular formula is C31H46N2O8. The van der Waals surface area contributed by atoms with Crippen molar-refractivity contribution in [1.29, 1.82) is 0 Å². The van der Waals surface area contributed by atoms with Gasteiger partial charge in [0, 0.05) is 32.3 Å². The maximum absolute atomic E-state index is 11.5. The standard InChI is InChI=1S/C12H18O6.C10H10O.C7H12N2O.C2H6/c1-8-11(16-3)12(9(17-8)7-15-2)18-10(14)5-4-6-13;11-7-8-1-3-9(4-2-8)10-5-6-10;1-3-5-6(8)9-7(10)4-2;1-2/h4-6,8-9,11-12H,7H2,1-3H3;1-4,7,10H,5-6H2;3,5H,4H2,1-2H3,(H2,8,9,10);1-2H3/b5-4-;;5-3-;/t8?,9?,11-,12?;;;/m1.../s1. The van der Waals surface area contributed by atoms with E-state index in [-0.39, 0.29) is 30.1 Å². The smallest absolute Gasteiger partial charge is 0.331 e. The molecule has 1 heterocycles. The molecule has 1 aliphatic heterocycles. The zero-order chi connectivity index (χ0) is 31.2. The Kier molecular flexibility index (Phi) is 20.4. The Morgan fingerprint density at radius 3 is 2.17 bits per heavy atom. The lowest BCUT2D eigenvalue weighted by atomic mass is 10.1. The van der Waals surface area contributed by atoms with Gasteiger partial charge in [0.1, 0.15) is 30.6 Å². The number of carbonyl (C=O) groups is 4. The van der Waals surface area contributed by atoms with Crippen molar-refractivity contribution in [2.24, 2.45) is 10.7 Å². The summed E-state index contributed by atoms with van der Waals surface area (Å²) < 4.78 is 21.1. The lowest BCUT2D eigenvalue weighted by Crippen LogP contribution is -2.39. The number of nitrogens with zero attached hydrogens (tertiary/aromatic N) is 1. The summed E-state index contributed by atoms with van der Waals surface area (Å²) in [6.45, 7) is 9.71. The second-order valence-corrected chi connectivity index (χ2v) is 8.77. The molecule has 2 aliphatic rings. The Balaban J connectivity index is 0.000000599. The van der Waals surface area contributed by atoms with E-state index in [1.54, 1.807) is 26.2 Å². The zero-order valence-corrected chi connectivity index (χ0v) is 25.3. The first-order valence-electron chi connectivity index (χ1n) is 13.8. The molecule has 1 saturated heterocycles. The molecule has 228 valence electrons. The summed E-state index contributed by atoms with van der Waals surface area (Å²) in [6.07, 6.45) is 8.45. The Morgan fingerprint density at radius 2 is 1.71 bits per heavy atom. The van der Waals surface area contributed by atoms with Gasteiger partial charge in [-0.2, -0.15) is 4.99 Å². The molecule has 1 aromatic carbocycles. The van der Waals surface area contributed by atoms with Crippen molar-refractivity contribution in [3.8, 4) is 0 Å². The van der Waals surface area contributed by atoms with Crippen LogP contribution in [0, 0.1) is 0 Å². The lowest BCUT2D eigenvalue weighted by molar-refractivity contribution is -0.151. The van der Waals surface area contributed by atoms with E-state index in [0.29, 0.717) is 19.3 Å². The van der Waals surface area contributed by atoms with Crippen LogP contribution >= 0.6 is 0 Å². The molecular weight excluding hydrogens is 528 g/mol. The molecule has 41 heavy (non-hydrogen) atoms. The van der Waals surface area contributed by atoms with Gasteiger partial charge in [-0.25, -0.2) is 4.79 Å². The number of rotatable bonds is 10. The van der Waals surface area contributed by atoms with Gasteiger partial charge < -0.3 is 24.7 Å². The molecule has 4 atom stereocenters. The maximum atomic E-state index is 11.5. The summed E-state index contributed by atoms with van der Waals surface area (Å²) in [5.41, 5.74) is 7.46. The van der Waals surface area contributed by atoms with Crippen LogP contribution in [-0.2, 0) is 33.3 Å². The monoisotopic (exact) mass is 574 g/mol. The number of nitrogens with two attached hydrogens (primary N) is 1. The SMILES string of the molecule is C/C=C\C(N)=NC(=O)CC.CC.COCC1OC(C)[C@@H](OC)C1OC(=O)/C=C\C=O.O=Cc1ccc(C2CC2)cc1. The summed E-state index contributed by atoms with van der Waals surface area (Å²) in [7, 11) is 3.07. The highest BCUT2D eigenvalue weighted by Gasteiger charge is 2.45. The Morgan fingerprint density at radius 1 is 1.07 bits per heavy atom. The molecule has 1 aliphatic carbocycles. The van der Waals surface area contributed by atoms with Crippen LogP contribution in [0.3, 0.4) is 0 Å². The Labute approximate surface area is 244 Å². The second kappa shape index (κ2) is 22.2. The topological polar surface area (TPSA) is 144 Å². The molecule has 3 unspecified atom stereocenters. The highest BCUT2D eigenvalue weighted by Crippen LogP contribution is 2.39. The number of amides is 1. The largest absolute Gasteiger partial charge is 0.453 e. The fraction of sp³-hybridized carbons (Fsp3) is 0.516. The Bertz CT molecular complexity index is 1000. The molecule has 3 rings (SSSR count). The number of allylic oxidation sites excluding steroid dienone is 2. The summed E-state index contributed by atoms with van der Waals surface area (Å²) in [5, 5.41) is 0. The van der Waals surface area contributed by atoms with Gasteiger partial charge in [-0.15, -0.1) is 0 Å². The summed E-state index contributed by atoms with van der Waals surface area (Å²) in [5.74, 6) is 0.272. The summed E-state index contributed by atoms with van der Waals surface area (Å²) >= 11 is 0. The van der Waals surface area contributed by atoms with Crippen LogP contribution in [0.5, 0.6) is 0 Å². The van der Waals surface area contributed by atoms with Gasteiger partial charge in [-0.3, -0.25) is 14.4 Å². The minimum absolute atomic E-state index is 0.185. The molecule has 0 bridgehead atoms. The van der Waals surface area contributed by atoms with Crippen LogP contribution in [0.15, 0.2) is 53.6 Å². The van der Waals surface area contributed by atoms with E-state index in [9.17, 15) is 19.2 Å². The van der Waals surface area contributed by atoms with Crippen molar-refractivity contribution in [3.05, 3.63) is 59.7 Å². The van der Waals surface area contributed by atoms with Gasteiger partial charge >= 0.3 is 5.97 Å². The predicted octanol–water partition coefficient (Wildman–Crippen LogP) is 4.36. The highest BCUT2D eigenvalue weighted by molar-refractivity contribution is 5.99. The molecule has 1 amide bonds. The predicted molar refractivity (Wildman–Crippen MR) is 159 cm³/mol. The number of methoxy groups -OCH3 is 2. The quantitative estimate of drug-likeness (QED) is 0.142. The van der Waals surface area contributed by atoms with Crippen molar-refractivity contribution < 1.29 is 38.1 Å². The fourth-order valence-corrected chi connectivity index (χ4v) is 3.66. The van der Waals surface area contributed by atoms with Crippen LogP contribution in [-0.4, -0.2) is 75.5 Å². The molecule has 10 nitrogen and oxygen atoms in total. The second-order valence-electron chi connectivity index (χ2n) is 8.77. The first kappa shape index (κ1) is 37.5. The minimum Gasteiger partial charge on any atom is -0.453 e. The van der Waals surface area contributed by atoms with E-state index in [1.807, 2.05) is 39.8 Å². The van der Waals surface area contributed by atoms with E-state index in [2.05, 4.69) is 17.1 Å². The van der Waals surface area contributed by atoms with Crippen LogP contribution in [0.4, 0.5) is 0 Å². The fourth-order valence-electron chi connectivity index (χ4n) is 3.66. The third-order valence-corrected chi connectivity index (χ3v) is 5.72. The Hall–Kier alpha value is -3.47. The van der Waals surface area contributed by atoms with Crippen molar-refractivity contribution in [3.63, 3.8) is 0 Å². The first-order valence-corrected chi connectivity index (χ1v) is 13.8. The third kappa shape index (κ3) is 15.2. The molecule has 0 radical (unpaired) electrons. The van der Waals surface area contributed by atoms with Gasteiger partial charge in [0.05, 0.1) is 12.7 Å². The van der Waals surface area contributed by atoms with Gasteiger partial charge in [0.15, 0.2) is 6.10 Å². The lowest BCUT2D eigenvalue weighted by Gasteiger charge is -2.21. The van der Waals surface area contributed by atoms with Gasteiger partial charge in [0.25, 0.3) is 0 Å². The van der Waals surface area contributed by atoms with Crippen LogP contribution in [0.25, 0.3) is 0 Å². The number of amidine groups is 1. The third-order valence-electron chi connectivity index (χ3n) is 5.72. The number of hydrogen-bond donors (Lipinski definition) is 1. The number of aldehydes is 2. The van der Waals surface area contributed by atoms with Crippen molar-refractivity contribution >= 4 is 30.3 Å². The van der Waals surface area contributed by atoms with Gasteiger partial charge in [-0.05, 0) is 50.3 Å². The van der Waals surface area contributed by atoms with E-state index < -0.39 is 12.1 Å². The van der Waals surface area contributed by atoms with Gasteiger partial charge in [-0.1, -0.05) is 51.1 Å². The van der Waals surface area contributed by atoms with E-state index >= 15 is 0 Å². The molecule has 0 aromatic heterocycles. The average Bonchev–Trinajstić information content (AvgIpc) is 3.79. The maximum Gasteiger partial charge on any atom is 0.331 e. The van der Waals surface area contributed by atoms with Crippen LogP contribution in [0.1, 0.15) is 75.7 Å². The summed E-state index contributed by atoms with van der Waals surface area (Å²) in [4.78, 5) is 46.0. The number of carbonyl (C=O) groups excluding carboxylic acids is 4. The van der Waals surface area contributed by atoms with E-state index in [1.165, 1.54) is 25.5 Å². The number of benzene rings is 1. The number of ether oxygens (including phenoxy) is 4. The number of hydrogen-bond acceptors (Lipinski definition) is 8. The van der Waals surface area contributed by atoms with Crippen LogP contribution in [0.2, 0.25) is 0 Å². The summed E-state index contributed by atoms with van der Waals surface area (Å²) in [6, 6.07) is 7.89. The van der Waals surface area contributed by atoms with Crippen molar-refractivity contribution in [2.75, 3.05) is 20.8 Å². The number of esters is 1. The molecule has 1 saturated carbocycles. The van der Waals surface area contributed by atoms with Crippen LogP contribution < -0.4 is 5.73 Å². The first-order chi connectivity index (χ1) is 19.7. The molecule has 10 heteroatoms. The molecule has 1 aromatic rings. The van der Waals surface area contributed by atoms with E-state index in [4.69, 9.17) is 24.7 Å². The molecule has 2 N–H and O–H groups in total. The zero-order valence-electron chi connectivity index (χ0n) is 25.3. The number of aliphatic imine (C=N–C) groups is 1. The molecule has 0 spiro atoms. The minimum atomic E-state index is -0.604. The van der Waals surface area contributed by atoms with Crippen molar-refractivity contribution in [1.82, 2.24) is 0 Å². The van der Waals surface area contributed by atoms with Gasteiger partial charge in [0.2, 0.25) is 5.91 Å². The molecule has 2 fully saturated rings. The van der Waals surface area contributed by atoms with Crippen molar-refractivity contribution in [2.45, 2.75) is 84.2 Å². The average molecular weight is 575 g/mol. The van der Waals surface area contributed by atoms with E-state index in [0.717, 1.165) is 29.9 Å².